The van der Waals surface area contributed by atoms with Gasteiger partial charge < -0.3 is 9.97 Å². The Morgan fingerprint density at radius 2 is 0.755 bits per heavy atom. The van der Waals surface area contributed by atoms with Gasteiger partial charge in [0.15, 0.2) is 23.3 Å². The standard InChI is InChI=1S/C44H41IN8/c1-42(2,3)22-10-14-26-30(18-22)38-48-34(26)46-35-28-16-12-24(44(7,8)9)20-32(28)40(50-35)53-41-33-21-25(45)13-17-29(33)37(51-41)47-36-27-15-11-23(43(4,5)6)19-31(27)39(49-36)52-38/h10-21H,1-9H3,(H2,46,47,48,49,50,51,52,53). The first-order valence-electron chi connectivity index (χ1n) is 18.1. The van der Waals surface area contributed by atoms with Crippen molar-refractivity contribution in [3.05, 3.63) is 93.1 Å². The van der Waals surface area contributed by atoms with Gasteiger partial charge in [-0.25, -0.2) is 29.9 Å². The Hall–Kier alpha value is -5.03. The molecular formula is C44H41IN8. The molecular weight excluding hydrogens is 767 g/mol. The van der Waals surface area contributed by atoms with Gasteiger partial charge in [-0.05, 0) is 91.9 Å². The third-order valence-corrected chi connectivity index (χ3v) is 11.1. The van der Waals surface area contributed by atoms with Crippen LogP contribution in [0.2, 0.25) is 0 Å². The van der Waals surface area contributed by atoms with Gasteiger partial charge in [-0.1, -0.05) is 98.7 Å². The molecule has 0 radical (unpaired) electrons. The van der Waals surface area contributed by atoms with Gasteiger partial charge in [0.2, 0.25) is 0 Å². The molecule has 3 aromatic heterocycles. The number of hydrogen-bond donors (Lipinski definition) is 2. The third-order valence-electron chi connectivity index (χ3n) is 10.4. The second-order valence-corrected chi connectivity index (χ2v) is 18.6. The van der Waals surface area contributed by atoms with E-state index in [0.29, 0.717) is 40.2 Å². The Morgan fingerprint density at radius 3 is 1.23 bits per heavy atom. The molecule has 5 heterocycles. The number of benzene rings is 4. The van der Waals surface area contributed by atoms with Crippen LogP contribution in [-0.2, 0) is 16.2 Å². The lowest BCUT2D eigenvalue weighted by molar-refractivity contribution is 0.590. The minimum atomic E-state index is -0.0689. The lowest BCUT2D eigenvalue weighted by Crippen LogP contribution is -2.11. The number of fused-ring (bicyclic) bond motifs is 20. The van der Waals surface area contributed by atoms with Crippen LogP contribution in [-0.4, -0.2) is 39.9 Å². The zero-order chi connectivity index (χ0) is 37.2. The van der Waals surface area contributed by atoms with E-state index in [-0.39, 0.29) is 16.2 Å². The van der Waals surface area contributed by atoms with Crippen LogP contribution in [0.1, 0.15) is 79.0 Å². The van der Waals surface area contributed by atoms with E-state index < -0.39 is 0 Å². The number of nitrogens with one attached hydrogen (secondary N) is 2. The molecule has 53 heavy (non-hydrogen) atoms. The number of hydrogen-bond acceptors (Lipinski definition) is 6. The molecule has 7 aromatic rings. The molecule has 0 saturated carbocycles. The van der Waals surface area contributed by atoms with Crippen LogP contribution < -0.4 is 0 Å². The number of rotatable bonds is 0. The molecule has 4 aromatic carbocycles. The average molecular weight is 809 g/mol. The highest BCUT2D eigenvalue weighted by Crippen LogP contribution is 2.41. The molecule has 9 heteroatoms. The summed E-state index contributed by atoms with van der Waals surface area (Å²) in [6, 6.07) is 26.0. The molecule has 0 saturated heterocycles. The molecule has 2 N–H and O–H groups in total. The van der Waals surface area contributed by atoms with Crippen molar-refractivity contribution in [2.24, 2.45) is 0 Å². The molecule has 0 unspecified atom stereocenters. The van der Waals surface area contributed by atoms with Gasteiger partial charge in [-0.15, -0.1) is 0 Å². The molecule has 8 bridgehead atoms. The Balaban J connectivity index is 1.47. The van der Waals surface area contributed by atoms with Crippen molar-refractivity contribution in [1.29, 1.82) is 0 Å². The highest BCUT2D eigenvalue weighted by Gasteiger charge is 2.27. The molecule has 2 aliphatic heterocycles. The second-order valence-electron chi connectivity index (χ2n) is 17.3. The highest BCUT2D eigenvalue weighted by molar-refractivity contribution is 14.1. The third kappa shape index (κ3) is 5.71. The summed E-state index contributed by atoms with van der Waals surface area (Å²) in [6.07, 6.45) is 0. The van der Waals surface area contributed by atoms with E-state index in [4.69, 9.17) is 29.9 Å². The van der Waals surface area contributed by atoms with Crippen molar-refractivity contribution < 1.29 is 0 Å². The molecule has 0 amide bonds. The van der Waals surface area contributed by atoms with Gasteiger partial charge in [0.25, 0.3) is 0 Å². The quantitative estimate of drug-likeness (QED) is 0.148. The fraction of sp³-hybridized carbons (Fsp3) is 0.273. The zero-order valence-electron chi connectivity index (χ0n) is 31.5. The average Bonchev–Trinajstić information content (AvgIpc) is 3.81. The Bertz CT molecular complexity index is 2860. The number of H-pyrrole nitrogens is 2. The topological polar surface area (TPSA) is 109 Å². The number of halogens is 1. The lowest BCUT2D eigenvalue weighted by atomic mass is 9.85. The Labute approximate surface area is 322 Å². The molecule has 9 rings (SSSR count). The fourth-order valence-electron chi connectivity index (χ4n) is 7.17. The smallest absolute Gasteiger partial charge is 0.164 e. The van der Waals surface area contributed by atoms with Gasteiger partial charge in [0.1, 0.15) is 22.6 Å². The van der Waals surface area contributed by atoms with Crippen LogP contribution in [0.3, 0.4) is 0 Å². The van der Waals surface area contributed by atoms with Gasteiger partial charge in [0, 0.05) is 47.4 Å². The predicted octanol–water partition coefficient (Wildman–Crippen LogP) is 11.4. The molecule has 0 aliphatic carbocycles. The van der Waals surface area contributed by atoms with E-state index in [1.54, 1.807) is 0 Å². The molecule has 264 valence electrons. The van der Waals surface area contributed by atoms with Crippen LogP contribution >= 0.6 is 22.6 Å². The maximum Gasteiger partial charge on any atom is 0.164 e. The van der Waals surface area contributed by atoms with Crippen molar-refractivity contribution in [2.45, 2.75) is 78.6 Å². The number of aromatic nitrogens is 8. The van der Waals surface area contributed by atoms with E-state index in [2.05, 4.69) is 168 Å². The van der Waals surface area contributed by atoms with E-state index >= 15 is 0 Å². The Morgan fingerprint density at radius 1 is 0.377 bits per heavy atom. The minimum Gasteiger partial charge on any atom is -0.324 e. The summed E-state index contributed by atoms with van der Waals surface area (Å²) in [5.74, 6) is 2.36. The van der Waals surface area contributed by atoms with E-state index in [9.17, 15) is 0 Å². The van der Waals surface area contributed by atoms with Crippen LogP contribution in [0.5, 0.6) is 0 Å². The maximum absolute atomic E-state index is 5.30. The highest BCUT2D eigenvalue weighted by atomic mass is 127. The normalized spacial score (nSPS) is 13.1. The molecule has 0 spiro atoms. The number of aromatic amines is 2. The first-order valence-corrected chi connectivity index (χ1v) is 19.2. The largest absolute Gasteiger partial charge is 0.324 e. The molecule has 0 fully saturated rings. The van der Waals surface area contributed by atoms with Crippen molar-refractivity contribution in [3.8, 4) is 45.6 Å². The van der Waals surface area contributed by atoms with Gasteiger partial charge >= 0.3 is 0 Å². The molecule has 8 nitrogen and oxygen atoms in total. The van der Waals surface area contributed by atoms with Gasteiger partial charge in [-0.3, -0.25) is 0 Å². The van der Waals surface area contributed by atoms with Gasteiger partial charge in [-0.2, -0.15) is 0 Å². The number of nitrogens with zero attached hydrogens (tertiary/aromatic N) is 6. The first kappa shape index (κ1) is 33.8. The second kappa shape index (κ2) is 11.5. The van der Waals surface area contributed by atoms with E-state index in [1.807, 2.05) is 0 Å². The fourth-order valence-corrected chi connectivity index (χ4v) is 7.66. The summed E-state index contributed by atoms with van der Waals surface area (Å²) in [6.45, 7) is 20.0. The minimum absolute atomic E-state index is 0.0528. The SMILES string of the molecule is CC(C)(C)c1ccc2c(c1)-c1nc3nc(nc4[nH]c(nc5[nH]c(nc-2n1)c1ccc(I)cc51)c1cc(C(C)(C)C)ccc41)-c1ccc(C(C)(C)C)cc1-3. The summed E-state index contributed by atoms with van der Waals surface area (Å²) in [4.78, 5) is 38.5. The van der Waals surface area contributed by atoms with Crippen molar-refractivity contribution in [1.82, 2.24) is 39.9 Å². The Kier molecular flexibility index (Phi) is 7.32. The summed E-state index contributed by atoms with van der Waals surface area (Å²) in [7, 11) is 0. The van der Waals surface area contributed by atoms with Crippen LogP contribution in [0.25, 0.3) is 89.7 Å². The lowest BCUT2D eigenvalue weighted by Gasteiger charge is -2.20. The zero-order valence-corrected chi connectivity index (χ0v) is 33.6. The summed E-state index contributed by atoms with van der Waals surface area (Å²) in [5, 5.41) is 3.91. The first-order chi connectivity index (χ1) is 25.0. The van der Waals surface area contributed by atoms with Crippen molar-refractivity contribution in [3.63, 3.8) is 0 Å². The van der Waals surface area contributed by atoms with Crippen LogP contribution in [0, 0.1) is 3.57 Å². The van der Waals surface area contributed by atoms with E-state index in [0.717, 1.165) is 53.0 Å². The predicted molar refractivity (Wildman–Crippen MR) is 225 cm³/mol. The molecule has 0 atom stereocenters. The molecule has 2 aliphatic rings. The monoisotopic (exact) mass is 808 g/mol. The van der Waals surface area contributed by atoms with Crippen molar-refractivity contribution in [2.75, 3.05) is 0 Å². The van der Waals surface area contributed by atoms with Crippen LogP contribution in [0.4, 0.5) is 0 Å². The van der Waals surface area contributed by atoms with Crippen LogP contribution in [0.15, 0.2) is 72.8 Å². The van der Waals surface area contributed by atoms with Crippen molar-refractivity contribution >= 4 is 66.7 Å². The summed E-state index contributed by atoms with van der Waals surface area (Å²) in [5.41, 5.74) is 9.97. The summed E-state index contributed by atoms with van der Waals surface area (Å²) >= 11 is 2.35. The van der Waals surface area contributed by atoms with Gasteiger partial charge in [0.05, 0.1) is 0 Å². The maximum atomic E-state index is 5.30. The summed E-state index contributed by atoms with van der Waals surface area (Å²) < 4.78 is 1.11. The van der Waals surface area contributed by atoms with E-state index in [1.165, 1.54) is 16.7 Å².